The van der Waals surface area contributed by atoms with Crippen LogP contribution in [0.4, 0.5) is 4.39 Å². The van der Waals surface area contributed by atoms with Crippen molar-refractivity contribution in [3.8, 4) is 0 Å². The molecule has 1 aromatic carbocycles. The highest BCUT2D eigenvalue weighted by atomic mass is 32.1. The Bertz CT molecular complexity index is 850. The first kappa shape index (κ1) is 17.3. The Labute approximate surface area is 145 Å². The number of nitrogens with zero attached hydrogens (tertiary/aromatic N) is 2. The van der Waals surface area contributed by atoms with Crippen LogP contribution in [-0.2, 0) is 16.1 Å². The summed E-state index contributed by atoms with van der Waals surface area (Å²) in [6.45, 7) is 9.49. The summed E-state index contributed by atoms with van der Waals surface area (Å²) >= 11 is 1.34. The highest BCUT2D eigenvalue weighted by Gasteiger charge is 2.68. The van der Waals surface area contributed by atoms with Crippen molar-refractivity contribution in [2.45, 2.75) is 34.2 Å². The molecule has 0 radical (unpaired) electrons. The molecule has 1 aliphatic carbocycles. The lowest BCUT2D eigenvalue weighted by Gasteiger charge is -2.04. The van der Waals surface area contributed by atoms with Crippen molar-refractivity contribution >= 4 is 27.5 Å². The molecular formula is C18H23FN2O2S. The summed E-state index contributed by atoms with van der Waals surface area (Å²) in [4.78, 5) is 17.7. The van der Waals surface area contributed by atoms with Gasteiger partial charge in [0.2, 0.25) is 0 Å². The van der Waals surface area contributed by atoms with E-state index in [2.05, 4.69) is 32.7 Å². The number of hydrogen-bond acceptors (Lipinski definition) is 3. The quantitative estimate of drug-likeness (QED) is 0.846. The van der Waals surface area contributed by atoms with Crippen LogP contribution < -0.4 is 4.80 Å². The van der Waals surface area contributed by atoms with Gasteiger partial charge in [0.15, 0.2) is 4.80 Å². The highest BCUT2D eigenvalue weighted by molar-refractivity contribution is 7.16. The number of halogens is 1. The van der Waals surface area contributed by atoms with Gasteiger partial charge >= 0.3 is 0 Å². The van der Waals surface area contributed by atoms with E-state index in [4.69, 9.17) is 4.74 Å². The fourth-order valence-electron chi connectivity index (χ4n) is 3.50. The van der Waals surface area contributed by atoms with Gasteiger partial charge in [-0.2, -0.15) is 4.99 Å². The van der Waals surface area contributed by atoms with E-state index in [1.54, 1.807) is 13.2 Å². The van der Waals surface area contributed by atoms with Gasteiger partial charge in [-0.3, -0.25) is 4.79 Å². The number of amides is 1. The minimum absolute atomic E-state index is 0.0479. The smallest absolute Gasteiger partial charge is 0.252 e. The fraction of sp³-hybridized carbons (Fsp3) is 0.556. The van der Waals surface area contributed by atoms with Gasteiger partial charge in [-0.1, -0.05) is 39.0 Å². The molecule has 0 unspecified atom stereocenters. The second-order valence-electron chi connectivity index (χ2n) is 7.47. The number of fused-ring (bicyclic) bond motifs is 1. The zero-order valence-electron chi connectivity index (χ0n) is 14.7. The van der Waals surface area contributed by atoms with Gasteiger partial charge in [0.1, 0.15) is 5.82 Å². The molecule has 0 N–H and O–H groups in total. The van der Waals surface area contributed by atoms with Gasteiger partial charge in [0.05, 0.1) is 22.7 Å². The molecule has 0 spiro atoms. The number of ether oxygens (including phenoxy) is 1. The first-order valence-corrected chi connectivity index (χ1v) is 8.88. The standard InChI is InChI=1S/C18H23FN2O2S/c1-17(2)14(18(17,3)4)15(22)20-16-21(8-9-23-5)12-7-6-11(19)10-13(12)24-16/h6-7,10,14H,8-9H2,1-5H3. The maximum atomic E-state index is 13.5. The molecule has 1 aromatic heterocycles. The summed E-state index contributed by atoms with van der Waals surface area (Å²) in [6, 6.07) is 4.64. The van der Waals surface area contributed by atoms with E-state index in [0.29, 0.717) is 18.0 Å². The van der Waals surface area contributed by atoms with Crippen LogP contribution in [0.5, 0.6) is 0 Å². The van der Waals surface area contributed by atoms with Gasteiger partial charge in [0.25, 0.3) is 5.91 Å². The molecule has 1 aliphatic rings. The van der Waals surface area contributed by atoms with E-state index in [-0.39, 0.29) is 28.5 Å². The average molecular weight is 350 g/mol. The first-order valence-electron chi connectivity index (χ1n) is 8.06. The van der Waals surface area contributed by atoms with Crippen LogP contribution >= 0.6 is 11.3 Å². The van der Waals surface area contributed by atoms with Crippen LogP contribution in [0.15, 0.2) is 23.2 Å². The van der Waals surface area contributed by atoms with Crippen LogP contribution in [0.25, 0.3) is 10.2 Å². The van der Waals surface area contributed by atoms with Crippen molar-refractivity contribution in [1.29, 1.82) is 0 Å². The van der Waals surface area contributed by atoms with Gasteiger partial charge < -0.3 is 9.30 Å². The van der Waals surface area contributed by atoms with Crippen LogP contribution in [0.2, 0.25) is 0 Å². The van der Waals surface area contributed by atoms with Crippen LogP contribution in [-0.4, -0.2) is 24.2 Å². The number of carbonyl (C=O) groups excluding carboxylic acids is 1. The Morgan fingerprint density at radius 2 is 2.00 bits per heavy atom. The SMILES string of the molecule is COCCn1c(=NC(=O)C2C(C)(C)C2(C)C)sc2cc(F)ccc21. The molecule has 2 aromatic rings. The van der Waals surface area contributed by atoms with Gasteiger partial charge in [-0.15, -0.1) is 0 Å². The minimum Gasteiger partial charge on any atom is -0.383 e. The Hall–Kier alpha value is -1.53. The van der Waals surface area contributed by atoms with Crippen LogP contribution in [0.1, 0.15) is 27.7 Å². The van der Waals surface area contributed by atoms with E-state index in [0.717, 1.165) is 10.2 Å². The van der Waals surface area contributed by atoms with Gasteiger partial charge in [0, 0.05) is 13.7 Å². The maximum Gasteiger partial charge on any atom is 0.252 e. The Balaban J connectivity index is 2.06. The summed E-state index contributed by atoms with van der Waals surface area (Å²) < 4.78 is 21.4. The molecule has 1 saturated carbocycles. The van der Waals surface area contributed by atoms with Crippen molar-refractivity contribution in [3.05, 3.63) is 28.8 Å². The molecule has 1 fully saturated rings. The molecular weight excluding hydrogens is 327 g/mol. The molecule has 24 heavy (non-hydrogen) atoms. The lowest BCUT2D eigenvalue weighted by molar-refractivity contribution is -0.120. The maximum absolute atomic E-state index is 13.5. The Kier molecular flexibility index (Phi) is 4.16. The lowest BCUT2D eigenvalue weighted by Crippen LogP contribution is -2.20. The number of aromatic nitrogens is 1. The second-order valence-corrected chi connectivity index (χ2v) is 8.48. The van der Waals surface area contributed by atoms with E-state index in [9.17, 15) is 9.18 Å². The minimum atomic E-state index is -0.287. The molecule has 6 heteroatoms. The third kappa shape index (κ3) is 2.62. The third-order valence-electron chi connectivity index (χ3n) is 5.64. The molecule has 0 bridgehead atoms. The number of thiazole rings is 1. The summed E-state index contributed by atoms with van der Waals surface area (Å²) in [7, 11) is 1.63. The van der Waals surface area contributed by atoms with Crippen LogP contribution in [0.3, 0.4) is 0 Å². The molecule has 1 heterocycles. The second kappa shape index (κ2) is 5.77. The largest absolute Gasteiger partial charge is 0.383 e. The third-order valence-corrected chi connectivity index (χ3v) is 6.68. The summed E-state index contributed by atoms with van der Waals surface area (Å²) in [5, 5.41) is 0. The fourth-order valence-corrected chi connectivity index (χ4v) is 4.59. The molecule has 0 atom stereocenters. The number of hydrogen-bond donors (Lipinski definition) is 0. The van der Waals surface area contributed by atoms with Crippen molar-refractivity contribution in [2.24, 2.45) is 21.7 Å². The van der Waals surface area contributed by atoms with E-state index < -0.39 is 0 Å². The number of benzene rings is 1. The van der Waals surface area contributed by atoms with Crippen molar-refractivity contribution < 1.29 is 13.9 Å². The zero-order valence-corrected chi connectivity index (χ0v) is 15.5. The molecule has 4 nitrogen and oxygen atoms in total. The highest BCUT2D eigenvalue weighted by Crippen LogP contribution is 2.68. The van der Waals surface area contributed by atoms with Gasteiger partial charge in [-0.05, 0) is 29.0 Å². The molecule has 3 rings (SSSR count). The molecule has 1 amide bonds. The molecule has 0 aliphatic heterocycles. The van der Waals surface area contributed by atoms with E-state index >= 15 is 0 Å². The van der Waals surface area contributed by atoms with E-state index in [1.807, 2.05) is 4.57 Å². The monoisotopic (exact) mass is 350 g/mol. The normalized spacial score (nSPS) is 19.8. The summed E-state index contributed by atoms with van der Waals surface area (Å²) in [5.74, 6) is -0.462. The number of methoxy groups -OCH3 is 1. The first-order chi connectivity index (χ1) is 11.2. The van der Waals surface area contributed by atoms with Crippen molar-refractivity contribution in [3.63, 3.8) is 0 Å². The number of rotatable bonds is 4. The number of carbonyl (C=O) groups is 1. The Morgan fingerprint density at radius 3 is 2.58 bits per heavy atom. The molecule has 0 saturated heterocycles. The van der Waals surface area contributed by atoms with Gasteiger partial charge in [-0.25, -0.2) is 4.39 Å². The van der Waals surface area contributed by atoms with Crippen molar-refractivity contribution in [1.82, 2.24) is 4.57 Å². The van der Waals surface area contributed by atoms with Crippen LogP contribution in [0, 0.1) is 22.6 Å². The predicted octanol–water partition coefficient (Wildman–Crippen LogP) is 3.60. The topological polar surface area (TPSA) is 43.6 Å². The zero-order chi connectivity index (χ0) is 17.7. The summed E-state index contributed by atoms with van der Waals surface area (Å²) in [5.41, 5.74) is 0.779. The van der Waals surface area contributed by atoms with Crippen molar-refractivity contribution in [2.75, 3.05) is 13.7 Å². The van der Waals surface area contributed by atoms with E-state index in [1.165, 1.54) is 23.5 Å². The molecule has 130 valence electrons. The summed E-state index contributed by atoms with van der Waals surface area (Å²) in [6.07, 6.45) is 0. The average Bonchev–Trinajstić information content (AvgIpc) is 2.75. The predicted molar refractivity (Wildman–Crippen MR) is 93.3 cm³/mol. The Morgan fingerprint density at radius 1 is 1.33 bits per heavy atom. The lowest BCUT2D eigenvalue weighted by atomic mass is 10.0.